The van der Waals surface area contributed by atoms with Crippen molar-refractivity contribution < 1.29 is 24.2 Å². The molecule has 0 aromatic heterocycles. The number of aryl methyl sites for hydroxylation is 1. The Kier molecular flexibility index (Phi) is 7.29. The lowest BCUT2D eigenvalue weighted by Gasteiger charge is -2.18. The Bertz CT molecular complexity index is 910. The van der Waals surface area contributed by atoms with Crippen molar-refractivity contribution in [3.8, 4) is 11.5 Å². The fraction of sp³-hybridized carbons (Fsp3) is 0.217. The number of carbonyl (C=O) groups is 2. The lowest BCUT2D eigenvalue weighted by atomic mass is 10.0. The van der Waals surface area contributed by atoms with E-state index in [2.05, 4.69) is 0 Å². The van der Waals surface area contributed by atoms with Crippen molar-refractivity contribution in [3.63, 3.8) is 0 Å². The molecule has 0 unspecified atom stereocenters. The summed E-state index contributed by atoms with van der Waals surface area (Å²) in [7, 11) is 1.43. The number of methoxy groups -OCH3 is 1. The van der Waals surface area contributed by atoms with E-state index >= 15 is 0 Å². The van der Waals surface area contributed by atoms with Crippen molar-refractivity contribution in [2.75, 3.05) is 7.11 Å². The van der Waals surface area contributed by atoms with Crippen LogP contribution >= 0.6 is 0 Å². The molecule has 0 saturated heterocycles. The predicted octanol–water partition coefficient (Wildman–Crippen LogP) is 4.62. The van der Waals surface area contributed by atoms with Gasteiger partial charge in [0.25, 0.3) is 0 Å². The lowest BCUT2D eigenvalue weighted by molar-refractivity contribution is -0.146. The van der Waals surface area contributed by atoms with Crippen LogP contribution in [0.4, 0.5) is 0 Å². The zero-order valence-corrected chi connectivity index (χ0v) is 16.4. The first-order chi connectivity index (χ1) is 13.4. The Morgan fingerprint density at radius 3 is 2.39 bits per heavy atom. The molecule has 1 atom stereocenters. The van der Waals surface area contributed by atoms with Crippen molar-refractivity contribution in [3.05, 3.63) is 83.0 Å². The van der Waals surface area contributed by atoms with Gasteiger partial charge in [0.2, 0.25) is 0 Å². The molecule has 2 aromatic carbocycles. The van der Waals surface area contributed by atoms with Crippen molar-refractivity contribution >= 4 is 11.8 Å². The molecule has 28 heavy (non-hydrogen) atoms. The van der Waals surface area contributed by atoms with Crippen molar-refractivity contribution in [2.24, 2.45) is 0 Å². The molecule has 0 spiro atoms. The fourth-order valence-corrected chi connectivity index (χ4v) is 2.79. The molecule has 5 heteroatoms. The highest BCUT2D eigenvalue weighted by Gasteiger charge is 2.25. The molecule has 146 valence electrons. The van der Waals surface area contributed by atoms with Crippen molar-refractivity contribution in [1.82, 2.24) is 0 Å². The van der Waals surface area contributed by atoms with Crippen LogP contribution in [0.5, 0.6) is 11.5 Å². The molecule has 0 radical (unpaired) electrons. The van der Waals surface area contributed by atoms with Gasteiger partial charge in [-0.25, -0.2) is 4.79 Å². The SMILES string of the molecule is C/C=C/C=C/C(=O)c1cc(C)c(OC(=O)[C@H](OC)c2ccccc2)c(C)c1O. The average Bonchev–Trinajstić information content (AvgIpc) is 2.69. The summed E-state index contributed by atoms with van der Waals surface area (Å²) in [5.74, 6) is -0.934. The zero-order chi connectivity index (χ0) is 20.7. The van der Waals surface area contributed by atoms with Gasteiger partial charge in [-0.3, -0.25) is 4.79 Å². The number of hydrogen-bond donors (Lipinski definition) is 1. The summed E-state index contributed by atoms with van der Waals surface area (Å²) >= 11 is 0. The molecule has 0 aliphatic rings. The number of esters is 1. The molecule has 1 N–H and O–H groups in total. The summed E-state index contributed by atoms with van der Waals surface area (Å²) in [6.45, 7) is 5.15. The van der Waals surface area contributed by atoms with Gasteiger partial charge >= 0.3 is 5.97 Å². The van der Waals surface area contributed by atoms with E-state index in [1.54, 1.807) is 56.3 Å². The Labute approximate surface area is 164 Å². The number of ether oxygens (including phenoxy) is 2. The molecule has 0 heterocycles. The molecule has 0 aliphatic heterocycles. The molecule has 0 bridgehead atoms. The van der Waals surface area contributed by atoms with E-state index in [9.17, 15) is 14.7 Å². The van der Waals surface area contributed by atoms with Crippen LogP contribution in [0.1, 0.15) is 40.1 Å². The monoisotopic (exact) mass is 380 g/mol. The van der Waals surface area contributed by atoms with Gasteiger partial charge in [-0.2, -0.15) is 0 Å². The third-order valence-corrected chi connectivity index (χ3v) is 4.24. The van der Waals surface area contributed by atoms with E-state index in [0.717, 1.165) is 0 Å². The maximum absolute atomic E-state index is 12.6. The Morgan fingerprint density at radius 1 is 1.11 bits per heavy atom. The van der Waals surface area contributed by atoms with Crippen molar-refractivity contribution in [1.29, 1.82) is 0 Å². The maximum atomic E-state index is 12.6. The standard InChI is InChI=1S/C23H24O5/c1-5-6-8-13-19(24)18-14-15(2)21(16(3)20(18)25)28-23(26)22(27-4)17-11-9-7-10-12-17/h5-14,22,25H,1-4H3/b6-5+,13-8+/t22-/m1/s1. The van der Waals surface area contributed by atoms with Crippen LogP contribution < -0.4 is 4.74 Å². The molecule has 5 nitrogen and oxygen atoms in total. The molecule has 2 aromatic rings. The topological polar surface area (TPSA) is 72.8 Å². The maximum Gasteiger partial charge on any atom is 0.345 e. The third kappa shape index (κ3) is 4.75. The van der Waals surface area contributed by atoms with Crippen LogP contribution in [0.3, 0.4) is 0 Å². The second-order valence-electron chi connectivity index (χ2n) is 6.24. The molecule has 0 fully saturated rings. The van der Waals surface area contributed by atoms with Crippen LogP contribution in [0.25, 0.3) is 0 Å². The van der Waals surface area contributed by atoms with Gasteiger partial charge in [-0.1, -0.05) is 48.6 Å². The Morgan fingerprint density at radius 2 is 1.79 bits per heavy atom. The van der Waals surface area contributed by atoms with E-state index < -0.39 is 12.1 Å². The van der Waals surface area contributed by atoms with Crippen molar-refractivity contribution in [2.45, 2.75) is 26.9 Å². The summed E-state index contributed by atoms with van der Waals surface area (Å²) in [6.07, 6.45) is 5.59. The summed E-state index contributed by atoms with van der Waals surface area (Å²) in [4.78, 5) is 24.9. The lowest BCUT2D eigenvalue weighted by Crippen LogP contribution is -2.21. The largest absolute Gasteiger partial charge is 0.507 e. The second kappa shape index (κ2) is 9.67. The number of allylic oxidation sites excluding steroid dienone is 4. The molecular weight excluding hydrogens is 356 g/mol. The first kappa shape index (κ1) is 21.1. The number of carbonyl (C=O) groups excluding carboxylic acids is 2. The molecule has 2 rings (SSSR count). The highest BCUT2D eigenvalue weighted by atomic mass is 16.6. The van der Waals surface area contributed by atoms with Gasteiger partial charge in [0, 0.05) is 12.7 Å². The smallest absolute Gasteiger partial charge is 0.345 e. The van der Waals surface area contributed by atoms with E-state index in [1.807, 2.05) is 13.0 Å². The van der Waals surface area contributed by atoms with Gasteiger partial charge in [-0.15, -0.1) is 0 Å². The minimum atomic E-state index is -0.896. The average molecular weight is 380 g/mol. The summed E-state index contributed by atoms with van der Waals surface area (Å²) in [6, 6.07) is 10.5. The quantitative estimate of drug-likeness (QED) is 0.249. The summed E-state index contributed by atoms with van der Waals surface area (Å²) in [5, 5.41) is 10.5. The number of phenolic OH excluding ortho intramolecular Hbond substituents is 1. The van der Waals surface area contributed by atoms with Gasteiger partial charge in [-0.05, 0) is 44.0 Å². The predicted molar refractivity (Wildman–Crippen MR) is 108 cm³/mol. The molecule has 0 aliphatic carbocycles. The normalized spacial score (nSPS) is 12.4. The number of benzene rings is 2. The second-order valence-corrected chi connectivity index (χ2v) is 6.24. The number of ketones is 1. The first-order valence-corrected chi connectivity index (χ1v) is 8.87. The van der Waals surface area contributed by atoms with E-state index in [-0.39, 0.29) is 22.8 Å². The van der Waals surface area contributed by atoms with E-state index in [1.165, 1.54) is 19.3 Å². The highest BCUT2D eigenvalue weighted by Crippen LogP contribution is 2.35. The first-order valence-electron chi connectivity index (χ1n) is 8.87. The summed E-state index contributed by atoms with van der Waals surface area (Å²) in [5.41, 5.74) is 1.70. The van der Waals surface area contributed by atoms with Crippen LogP contribution in [0, 0.1) is 13.8 Å². The van der Waals surface area contributed by atoms with Gasteiger partial charge in [0.05, 0.1) is 5.56 Å². The van der Waals surface area contributed by atoms with Gasteiger partial charge < -0.3 is 14.6 Å². The van der Waals surface area contributed by atoms with E-state index in [0.29, 0.717) is 16.7 Å². The van der Waals surface area contributed by atoms with Crippen LogP contribution in [0.15, 0.2) is 60.7 Å². The third-order valence-electron chi connectivity index (χ3n) is 4.24. The van der Waals surface area contributed by atoms with Crippen LogP contribution in [-0.4, -0.2) is 24.0 Å². The summed E-state index contributed by atoms with van der Waals surface area (Å²) < 4.78 is 10.8. The minimum absolute atomic E-state index is 0.155. The number of hydrogen-bond acceptors (Lipinski definition) is 5. The van der Waals surface area contributed by atoms with E-state index in [4.69, 9.17) is 9.47 Å². The number of rotatable bonds is 7. The molecular formula is C23H24O5. The number of aromatic hydroxyl groups is 1. The highest BCUT2D eigenvalue weighted by molar-refractivity contribution is 6.07. The zero-order valence-electron chi connectivity index (χ0n) is 16.4. The van der Waals surface area contributed by atoms with Crippen LogP contribution in [-0.2, 0) is 9.53 Å². The van der Waals surface area contributed by atoms with Gasteiger partial charge in [0.15, 0.2) is 11.9 Å². The fourth-order valence-electron chi connectivity index (χ4n) is 2.79. The van der Waals surface area contributed by atoms with Crippen LogP contribution in [0.2, 0.25) is 0 Å². The Hall–Kier alpha value is -3.18. The Balaban J connectivity index is 2.33. The van der Waals surface area contributed by atoms with Gasteiger partial charge in [0.1, 0.15) is 11.5 Å². The number of phenols is 1. The molecule has 0 amide bonds. The minimum Gasteiger partial charge on any atom is -0.507 e. The molecule has 0 saturated carbocycles.